The van der Waals surface area contributed by atoms with E-state index in [0.29, 0.717) is 11.7 Å². The summed E-state index contributed by atoms with van der Waals surface area (Å²) in [4.78, 5) is 17.2. The van der Waals surface area contributed by atoms with Gasteiger partial charge in [0.15, 0.2) is 5.17 Å². The average Bonchev–Trinajstić information content (AvgIpc) is 2.93. The summed E-state index contributed by atoms with van der Waals surface area (Å²) in [5, 5.41) is 9.06. The summed E-state index contributed by atoms with van der Waals surface area (Å²) in [5.74, 6) is 0.696. The van der Waals surface area contributed by atoms with E-state index in [9.17, 15) is 4.79 Å². The number of nitriles is 1. The van der Waals surface area contributed by atoms with Crippen LogP contribution in [0.15, 0.2) is 47.5 Å². The van der Waals surface area contributed by atoms with Crippen molar-refractivity contribution in [2.45, 2.75) is 12.8 Å². The van der Waals surface area contributed by atoms with E-state index in [1.807, 2.05) is 24.3 Å². The number of allylic oxidation sites excluding steroid dienone is 1. The van der Waals surface area contributed by atoms with E-state index < -0.39 is 0 Å². The van der Waals surface area contributed by atoms with Crippen LogP contribution in [0.25, 0.3) is 0 Å². The fraction of sp³-hybridized carbons (Fsp3) is 0.267. The van der Waals surface area contributed by atoms with Crippen LogP contribution in [0.3, 0.4) is 0 Å². The first-order valence-electron chi connectivity index (χ1n) is 6.43. The second-order valence-electron chi connectivity index (χ2n) is 4.26. The van der Waals surface area contributed by atoms with Gasteiger partial charge in [0.2, 0.25) is 6.19 Å². The first-order valence-corrected chi connectivity index (χ1v) is 7.41. The van der Waals surface area contributed by atoms with E-state index in [0.717, 1.165) is 18.6 Å². The second kappa shape index (κ2) is 7.51. The molecule has 4 nitrogen and oxygen atoms in total. The van der Waals surface area contributed by atoms with Crippen LogP contribution in [-0.2, 0) is 11.2 Å². The van der Waals surface area contributed by atoms with E-state index in [1.165, 1.54) is 17.3 Å². The van der Waals surface area contributed by atoms with Crippen LogP contribution in [0.4, 0.5) is 0 Å². The van der Waals surface area contributed by atoms with Crippen molar-refractivity contribution in [3.8, 4) is 6.19 Å². The van der Waals surface area contributed by atoms with Crippen LogP contribution in [0.5, 0.6) is 0 Å². The number of amides is 1. The molecule has 1 aromatic carbocycles. The number of benzene rings is 1. The lowest BCUT2D eigenvalue weighted by Crippen LogP contribution is -2.30. The normalized spacial score (nSPS) is 16.8. The fourth-order valence-corrected chi connectivity index (χ4v) is 2.81. The van der Waals surface area contributed by atoms with Crippen LogP contribution in [-0.4, -0.2) is 28.3 Å². The Bertz CT molecular complexity index is 560. The van der Waals surface area contributed by atoms with Gasteiger partial charge in [-0.3, -0.25) is 9.69 Å². The molecule has 20 heavy (non-hydrogen) atoms. The highest BCUT2D eigenvalue weighted by molar-refractivity contribution is 8.14. The number of aliphatic imine (C=N–C) groups is 1. The monoisotopic (exact) mass is 285 g/mol. The molecule has 1 heterocycles. The van der Waals surface area contributed by atoms with Gasteiger partial charge in [-0.15, -0.1) is 4.99 Å². The number of thioether (sulfide) groups is 1. The smallest absolute Gasteiger partial charge is 0.252 e. The van der Waals surface area contributed by atoms with Gasteiger partial charge in [-0.25, -0.2) is 0 Å². The third kappa shape index (κ3) is 3.97. The highest BCUT2D eigenvalue weighted by atomic mass is 32.2. The summed E-state index contributed by atoms with van der Waals surface area (Å²) in [6.07, 6.45) is 6.92. The highest BCUT2D eigenvalue weighted by Crippen LogP contribution is 2.18. The maximum Gasteiger partial charge on any atom is 0.252 e. The molecule has 0 N–H and O–H groups in total. The molecule has 1 aromatic rings. The Morgan fingerprint density at radius 1 is 1.45 bits per heavy atom. The number of carbonyl (C=O) groups excluding carboxylic acids is 1. The summed E-state index contributed by atoms with van der Waals surface area (Å²) < 4.78 is 0. The minimum Gasteiger partial charge on any atom is -0.286 e. The molecule has 1 saturated heterocycles. The standard InChI is InChI=1S/C15H15N3OS/c16-12-17-15-18(10-11-20-15)14(19)9-5-4-8-13-6-2-1-3-7-13/h1-3,5-7,9H,4,8,10-11H2/b9-5+,17-15?. The van der Waals surface area contributed by atoms with Gasteiger partial charge in [-0.05, 0) is 24.5 Å². The Morgan fingerprint density at radius 2 is 2.25 bits per heavy atom. The molecule has 0 radical (unpaired) electrons. The van der Waals surface area contributed by atoms with E-state index >= 15 is 0 Å². The predicted molar refractivity (Wildman–Crippen MR) is 81.1 cm³/mol. The molecule has 5 heteroatoms. The Hall–Kier alpha value is -2.06. The molecular weight excluding hydrogens is 270 g/mol. The number of nitrogens with zero attached hydrogens (tertiary/aromatic N) is 3. The van der Waals surface area contributed by atoms with Gasteiger partial charge in [0, 0.05) is 12.3 Å². The molecule has 0 spiro atoms. The molecule has 0 bridgehead atoms. The summed E-state index contributed by atoms with van der Waals surface area (Å²) >= 11 is 1.44. The molecule has 0 unspecified atom stereocenters. The van der Waals surface area contributed by atoms with Gasteiger partial charge in [-0.1, -0.05) is 48.2 Å². The summed E-state index contributed by atoms with van der Waals surface area (Å²) in [5.41, 5.74) is 1.26. The number of amidine groups is 1. The molecule has 1 fully saturated rings. The molecule has 0 aromatic heterocycles. The molecular formula is C15H15N3OS. The van der Waals surface area contributed by atoms with Gasteiger partial charge in [0.25, 0.3) is 5.91 Å². The van der Waals surface area contributed by atoms with Crippen molar-refractivity contribution in [3.05, 3.63) is 48.0 Å². The van der Waals surface area contributed by atoms with Crippen LogP contribution in [0, 0.1) is 11.5 Å². The Kier molecular flexibility index (Phi) is 5.39. The molecule has 0 saturated carbocycles. The topological polar surface area (TPSA) is 56.5 Å². The van der Waals surface area contributed by atoms with Crippen molar-refractivity contribution >= 4 is 22.8 Å². The lowest BCUT2D eigenvalue weighted by atomic mass is 10.1. The third-order valence-corrected chi connectivity index (χ3v) is 3.85. The fourth-order valence-electron chi connectivity index (χ4n) is 1.91. The zero-order valence-electron chi connectivity index (χ0n) is 11.0. The minimum absolute atomic E-state index is 0.0999. The van der Waals surface area contributed by atoms with Crippen molar-refractivity contribution < 1.29 is 4.79 Å². The number of hydrogen-bond acceptors (Lipinski definition) is 4. The van der Waals surface area contributed by atoms with Gasteiger partial charge in [-0.2, -0.15) is 5.26 Å². The molecule has 0 aliphatic carbocycles. The molecule has 102 valence electrons. The van der Waals surface area contributed by atoms with Crippen molar-refractivity contribution in [3.63, 3.8) is 0 Å². The minimum atomic E-state index is -0.0999. The van der Waals surface area contributed by atoms with Crippen LogP contribution >= 0.6 is 11.8 Å². The van der Waals surface area contributed by atoms with E-state index in [-0.39, 0.29) is 5.91 Å². The quantitative estimate of drug-likeness (QED) is 0.631. The SMILES string of the molecule is N#CN=C1SCCN1C(=O)/C=C/CCc1ccccc1. The summed E-state index contributed by atoms with van der Waals surface area (Å²) in [6.45, 7) is 0.618. The van der Waals surface area contributed by atoms with Crippen molar-refractivity contribution in [1.82, 2.24) is 4.90 Å². The zero-order chi connectivity index (χ0) is 14.2. The molecule has 1 aliphatic rings. The lowest BCUT2D eigenvalue weighted by Gasteiger charge is -2.11. The van der Waals surface area contributed by atoms with Gasteiger partial charge in [0.05, 0.1) is 0 Å². The summed E-state index contributed by atoms with van der Waals surface area (Å²) in [6, 6.07) is 10.2. The largest absolute Gasteiger partial charge is 0.286 e. The third-order valence-electron chi connectivity index (χ3n) is 2.89. The zero-order valence-corrected chi connectivity index (χ0v) is 11.8. The van der Waals surface area contributed by atoms with Crippen molar-refractivity contribution in [2.75, 3.05) is 12.3 Å². The molecule has 0 atom stereocenters. The molecule has 1 amide bonds. The van der Waals surface area contributed by atoms with Crippen LogP contribution in [0.1, 0.15) is 12.0 Å². The van der Waals surface area contributed by atoms with Crippen molar-refractivity contribution in [1.29, 1.82) is 5.26 Å². The first-order chi connectivity index (χ1) is 9.81. The maximum absolute atomic E-state index is 12.0. The first kappa shape index (κ1) is 14.4. The number of hydrogen-bond donors (Lipinski definition) is 0. The predicted octanol–water partition coefficient (Wildman–Crippen LogP) is 2.59. The van der Waals surface area contributed by atoms with Gasteiger partial charge in [0.1, 0.15) is 0 Å². The highest BCUT2D eigenvalue weighted by Gasteiger charge is 2.23. The average molecular weight is 285 g/mol. The maximum atomic E-state index is 12.0. The molecule has 2 rings (SSSR count). The Labute approximate surface area is 122 Å². The second-order valence-corrected chi connectivity index (χ2v) is 5.32. The summed E-state index contributed by atoms with van der Waals surface area (Å²) in [7, 11) is 0. The van der Waals surface area contributed by atoms with Crippen LogP contribution < -0.4 is 0 Å². The van der Waals surface area contributed by atoms with Crippen LogP contribution in [0.2, 0.25) is 0 Å². The van der Waals surface area contributed by atoms with Gasteiger partial charge < -0.3 is 0 Å². The van der Waals surface area contributed by atoms with Gasteiger partial charge >= 0.3 is 0 Å². The van der Waals surface area contributed by atoms with E-state index in [4.69, 9.17) is 5.26 Å². The number of aryl methyl sites for hydroxylation is 1. The lowest BCUT2D eigenvalue weighted by molar-refractivity contribution is -0.122. The Morgan fingerprint density at radius 3 is 3.00 bits per heavy atom. The molecule has 1 aliphatic heterocycles. The Balaban J connectivity index is 1.84. The number of carbonyl (C=O) groups is 1. The van der Waals surface area contributed by atoms with E-state index in [1.54, 1.807) is 17.2 Å². The van der Waals surface area contributed by atoms with Crippen molar-refractivity contribution in [2.24, 2.45) is 4.99 Å². The van der Waals surface area contributed by atoms with E-state index in [2.05, 4.69) is 17.1 Å². The number of rotatable bonds is 4.